The summed E-state index contributed by atoms with van der Waals surface area (Å²) >= 11 is 0. The minimum absolute atomic E-state index is 0.0331. The molecule has 1 aromatic carbocycles. The van der Waals surface area contributed by atoms with Crippen molar-refractivity contribution in [2.24, 2.45) is 0 Å². The molecule has 0 spiro atoms. The molecule has 6 heteroatoms. The van der Waals surface area contributed by atoms with Crippen LogP contribution in [0.3, 0.4) is 0 Å². The number of esters is 1. The lowest BCUT2D eigenvalue weighted by atomic mass is 10.3. The van der Waals surface area contributed by atoms with Gasteiger partial charge < -0.3 is 19.1 Å². The molecule has 0 radical (unpaired) electrons. The molecule has 0 heterocycles. The number of carbonyl (C=O) groups is 2. The number of hydrogen-bond donors (Lipinski definition) is 0. The average molecular weight is 295 g/mol. The molecule has 21 heavy (non-hydrogen) atoms. The van der Waals surface area contributed by atoms with E-state index in [0.29, 0.717) is 19.4 Å². The number of likely N-dealkylation sites (N-methyl/N-ethyl adjacent to an activating group) is 1. The van der Waals surface area contributed by atoms with Crippen LogP contribution >= 0.6 is 0 Å². The first-order valence-electron chi connectivity index (χ1n) is 6.64. The lowest BCUT2D eigenvalue weighted by molar-refractivity contribution is -0.146. The molecule has 1 rings (SSSR count). The molecule has 0 aromatic heterocycles. The fourth-order valence-electron chi connectivity index (χ4n) is 1.62. The van der Waals surface area contributed by atoms with Crippen LogP contribution in [0.4, 0.5) is 0 Å². The molecular weight excluding hydrogens is 274 g/mol. The van der Waals surface area contributed by atoms with Gasteiger partial charge in [0.05, 0.1) is 20.8 Å². The van der Waals surface area contributed by atoms with E-state index in [9.17, 15) is 9.59 Å². The first-order valence-corrected chi connectivity index (χ1v) is 6.64. The van der Waals surface area contributed by atoms with Gasteiger partial charge in [0.1, 0.15) is 18.0 Å². The van der Waals surface area contributed by atoms with Gasteiger partial charge in [-0.05, 0) is 30.7 Å². The first kappa shape index (κ1) is 16.8. The van der Waals surface area contributed by atoms with Crippen molar-refractivity contribution in [3.8, 4) is 11.5 Å². The predicted molar refractivity (Wildman–Crippen MR) is 77.4 cm³/mol. The quantitative estimate of drug-likeness (QED) is 0.537. The van der Waals surface area contributed by atoms with Gasteiger partial charge in [-0.15, -0.1) is 0 Å². The van der Waals surface area contributed by atoms with Gasteiger partial charge in [0.15, 0.2) is 0 Å². The van der Waals surface area contributed by atoms with Crippen LogP contribution in [0, 0.1) is 0 Å². The third-order valence-electron chi connectivity index (χ3n) is 2.88. The molecule has 0 bridgehead atoms. The van der Waals surface area contributed by atoms with Gasteiger partial charge in [-0.2, -0.15) is 0 Å². The maximum absolute atomic E-state index is 11.7. The van der Waals surface area contributed by atoms with E-state index in [1.165, 1.54) is 12.0 Å². The molecule has 0 aliphatic heterocycles. The summed E-state index contributed by atoms with van der Waals surface area (Å²) in [6.45, 7) is 0.402. The Bertz CT molecular complexity index is 458. The van der Waals surface area contributed by atoms with Crippen LogP contribution in [0.25, 0.3) is 0 Å². The second kappa shape index (κ2) is 8.84. The highest BCUT2D eigenvalue weighted by Crippen LogP contribution is 2.17. The van der Waals surface area contributed by atoms with E-state index >= 15 is 0 Å². The summed E-state index contributed by atoms with van der Waals surface area (Å²) in [5.74, 6) is 0.951. The van der Waals surface area contributed by atoms with Crippen LogP contribution in [-0.2, 0) is 14.3 Å². The Morgan fingerprint density at radius 3 is 2.29 bits per heavy atom. The van der Waals surface area contributed by atoms with E-state index in [-0.39, 0.29) is 12.5 Å². The lowest BCUT2D eigenvalue weighted by Crippen LogP contribution is -2.32. The third kappa shape index (κ3) is 6.16. The Labute approximate surface area is 124 Å². The summed E-state index contributed by atoms with van der Waals surface area (Å²) in [6.07, 6.45) is 0.903. The highest BCUT2D eigenvalue weighted by atomic mass is 16.5. The number of methoxy groups -OCH3 is 2. The summed E-state index contributed by atoms with van der Waals surface area (Å²) in [4.78, 5) is 24.1. The largest absolute Gasteiger partial charge is 0.497 e. The minimum atomic E-state index is -0.430. The Morgan fingerprint density at radius 1 is 1.10 bits per heavy atom. The van der Waals surface area contributed by atoms with Gasteiger partial charge in [0.25, 0.3) is 0 Å². The zero-order valence-electron chi connectivity index (χ0n) is 12.6. The van der Waals surface area contributed by atoms with E-state index in [2.05, 4.69) is 4.74 Å². The predicted octanol–water partition coefficient (Wildman–Crippen LogP) is 1.49. The first-order chi connectivity index (χ1) is 10.1. The van der Waals surface area contributed by atoms with Crippen molar-refractivity contribution >= 4 is 11.9 Å². The zero-order valence-corrected chi connectivity index (χ0v) is 12.6. The fraction of sp³-hybridized carbons (Fsp3) is 0.467. The van der Waals surface area contributed by atoms with Crippen molar-refractivity contribution in [1.82, 2.24) is 4.90 Å². The number of amides is 1. The topological polar surface area (TPSA) is 65.1 Å². The maximum Gasteiger partial charge on any atom is 0.325 e. The number of carbonyl (C=O) groups excluding carboxylic acids is 2. The lowest BCUT2D eigenvalue weighted by Gasteiger charge is -2.15. The standard InChI is InChI=1S/C15H21NO5/c1-16(11-15(18)20-3)14(17)5-4-10-21-13-8-6-12(19-2)7-9-13/h6-9H,4-5,10-11H2,1-3H3. The van der Waals surface area contributed by atoms with Crippen molar-refractivity contribution in [2.45, 2.75) is 12.8 Å². The maximum atomic E-state index is 11.7. The van der Waals surface area contributed by atoms with Gasteiger partial charge in [0, 0.05) is 13.5 Å². The molecule has 1 amide bonds. The van der Waals surface area contributed by atoms with Gasteiger partial charge in [-0.1, -0.05) is 0 Å². The second-order valence-electron chi connectivity index (χ2n) is 4.45. The highest BCUT2D eigenvalue weighted by molar-refractivity contribution is 5.81. The highest BCUT2D eigenvalue weighted by Gasteiger charge is 2.12. The second-order valence-corrected chi connectivity index (χ2v) is 4.45. The summed E-state index contributed by atoms with van der Waals surface area (Å²) < 4.78 is 15.1. The van der Waals surface area contributed by atoms with Crippen LogP contribution in [-0.4, -0.2) is 51.2 Å². The monoisotopic (exact) mass is 295 g/mol. The van der Waals surface area contributed by atoms with Crippen molar-refractivity contribution in [1.29, 1.82) is 0 Å². The van der Waals surface area contributed by atoms with E-state index < -0.39 is 5.97 Å². The molecule has 0 aliphatic rings. The van der Waals surface area contributed by atoms with Gasteiger partial charge in [0.2, 0.25) is 5.91 Å². The Kier molecular flexibility index (Phi) is 7.08. The molecule has 0 N–H and O–H groups in total. The molecule has 0 saturated heterocycles. The van der Waals surface area contributed by atoms with Crippen molar-refractivity contribution in [3.05, 3.63) is 24.3 Å². The fourth-order valence-corrected chi connectivity index (χ4v) is 1.62. The van der Waals surface area contributed by atoms with E-state index in [1.807, 2.05) is 24.3 Å². The van der Waals surface area contributed by atoms with Crippen LogP contribution in [0.15, 0.2) is 24.3 Å². The Morgan fingerprint density at radius 2 is 1.71 bits per heavy atom. The van der Waals surface area contributed by atoms with E-state index in [4.69, 9.17) is 9.47 Å². The summed E-state index contributed by atoms with van der Waals surface area (Å²) in [5, 5.41) is 0. The average Bonchev–Trinajstić information content (AvgIpc) is 2.51. The van der Waals surface area contributed by atoms with Gasteiger partial charge >= 0.3 is 5.97 Å². The van der Waals surface area contributed by atoms with Gasteiger partial charge in [-0.25, -0.2) is 0 Å². The van der Waals surface area contributed by atoms with Crippen molar-refractivity contribution in [3.63, 3.8) is 0 Å². The van der Waals surface area contributed by atoms with E-state index in [0.717, 1.165) is 11.5 Å². The normalized spacial score (nSPS) is 9.86. The molecule has 116 valence electrons. The molecule has 6 nitrogen and oxygen atoms in total. The zero-order chi connectivity index (χ0) is 15.7. The number of benzene rings is 1. The number of ether oxygens (including phenoxy) is 3. The molecule has 0 atom stereocenters. The smallest absolute Gasteiger partial charge is 0.325 e. The summed E-state index contributed by atoms with van der Waals surface area (Å²) in [5.41, 5.74) is 0. The van der Waals surface area contributed by atoms with Crippen LogP contribution in [0.5, 0.6) is 11.5 Å². The number of hydrogen-bond acceptors (Lipinski definition) is 5. The molecule has 1 aromatic rings. The third-order valence-corrected chi connectivity index (χ3v) is 2.88. The van der Waals surface area contributed by atoms with Crippen molar-refractivity contribution < 1.29 is 23.8 Å². The van der Waals surface area contributed by atoms with Crippen molar-refractivity contribution in [2.75, 3.05) is 34.4 Å². The number of nitrogens with zero attached hydrogens (tertiary/aromatic N) is 1. The molecule has 0 aliphatic carbocycles. The minimum Gasteiger partial charge on any atom is -0.497 e. The van der Waals surface area contributed by atoms with Crippen LogP contribution < -0.4 is 9.47 Å². The molecular formula is C15H21NO5. The Balaban J connectivity index is 2.23. The molecule has 0 unspecified atom stereocenters. The van der Waals surface area contributed by atoms with Crippen LogP contribution in [0.1, 0.15) is 12.8 Å². The molecule has 0 fully saturated rings. The molecule has 0 saturated carbocycles. The summed E-state index contributed by atoms with van der Waals surface area (Å²) in [7, 11) is 4.47. The van der Waals surface area contributed by atoms with E-state index in [1.54, 1.807) is 14.2 Å². The number of rotatable bonds is 8. The summed E-state index contributed by atoms with van der Waals surface area (Å²) in [6, 6.07) is 7.24. The Hall–Kier alpha value is -2.24. The van der Waals surface area contributed by atoms with Gasteiger partial charge in [-0.3, -0.25) is 9.59 Å². The SMILES string of the molecule is COC(=O)CN(C)C(=O)CCCOc1ccc(OC)cc1. The van der Waals surface area contributed by atoms with Crippen LogP contribution in [0.2, 0.25) is 0 Å².